The largest absolute Gasteiger partial charge is 0.416 e. The lowest BCUT2D eigenvalue weighted by Crippen LogP contribution is -2.24. The molecular formula is C19H16F3N3O2. The van der Waals surface area contributed by atoms with Gasteiger partial charge in [0.25, 0.3) is 0 Å². The monoisotopic (exact) mass is 375 g/mol. The van der Waals surface area contributed by atoms with Gasteiger partial charge in [-0.05, 0) is 17.2 Å². The van der Waals surface area contributed by atoms with Crippen LogP contribution in [0.3, 0.4) is 0 Å². The van der Waals surface area contributed by atoms with E-state index in [0.717, 1.165) is 11.6 Å². The van der Waals surface area contributed by atoms with Crippen LogP contribution in [0, 0.1) is 0 Å². The van der Waals surface area contributed by atoms with Gasteiger partial charge in [0.15, 0.2) is 5.82 Å². The van der Waals surface area contributed by atoms with Gasteiger partial charge >= 0.3 is 6.18 Å². The van der Waals surface area contributed by atoms with Gasteiger partial charge < -0.3 is 9.84 Å². The quantitative estimate of drug-likeness (QED) is 0.716. The summed E-state index contributed by atoms with van der Waals surface area (Å²) in [6, 6.07) is 14.6. The zero-order valence-corrected chi connectivity index (χ0v) is 14.2. The molecule has 3 rings (SSSR count). The lowest BCUT2D eigenvalue weighted by atomic mass is 10.0. The third kappa shape index (κ3) is 5.16. The molecule has 0 fully saturated rings. The van der Waals surface area contributed by atoms with Crippen molar-refractivity contribution in [3.05, 3.63) is 83.0 Å². The highest BCUT2D eigenvalue weighted by molar-refractivity contribution is 5.77. The van der Waals surface area contributed by atoms with E-state index in [9.17, 15) is 18.0 Å². The van der Waals surface area contributed by atoms with Gasteiger partial charge in [0.1, 0.15) is 0 Å². The standard InChI is InChI=1S/C19H16F3N3O2/c20-19(21,22)15-9-5-4-8-14(15)10-18-24-16(25-27-18)11-17(26)23-12-13-6-2-1-3-7-13/h1-9H,10-12H2,(H,23,26). The van der Waals surface area contributed by atoms with Crippen LogP contribution in [0.25, 0.3) is 0 Å². The van der Waals surface area contributed by atoms with E-state index in [4.69, 9.17) is 4.52 Å². The van der Waals surface area contributed by atoms with E-state index in [1.165, 1.54) is 18.2 Å². The molecule has 0 spiro atoms. The van der Waals surface area contributed by atoms with E-state index in [1.54, 1.807) is 0 Å². The number of rotatable bonds is 6. The third-order valence-electron chi connectivity index (χ3n) is 3.83. The van der Waals surface area contributed by atoms with E-state index in [1.807, 2.05) is 30.3 Å². The molecule has 140 valence electrons. The van der Waals surface area contributed by atoms with E-state index in [0.29, 0.717) is 6.54 Å². The molecule has 0 aliphatic rings. The number of aromatic nitrogens is 2. The molecule has 0 bridgehead atoms. The minimum atomic E-state index is -4.46. The average Bonchev–Trinajstić information content (AvgIpc) is 3.07. The van der Waals surface area contributed by atoms with Crippen molar-refractivity contribution < 1.29 is 22.5 Å². The van der Waals surface area contributed by atoms with Crippen molar-refractivity contribution in [2.45, 2.75) is 25.6 Å². The Bertz CT molecular complexity index is 908. The zero-order valence-electron chi connectivity index (χ0n) is 14.2. The number of halogens is 3. The third-order valence-corrected chi connectivity index (χ3v) is 3.83. The highest BCUT2D eigenvalue weighted by Gasteiger charge is 2.33. The predicted octanol–water partition coefficient (Wildman–Crippen LogP) is 3.54. The van der Waals surface area contributed by atoms with Gasteiger partial charge in [-0.25, -0.2) is 0 Å². The van der Waals surface area contributed by atoms with Crippen molar-refractivity contribution in [2.24, 2.45) is 0 Å². The van der Waals surface area contributed by atoms with Gasteiger partial charge in [-0.15, -0.1) is 0 Å². The summed E-state index contributed by atoms with van der Waals surface area (Å²) in [4.78, 5) is 16.0. The predicted molar refractivity (Wildman–Crippen MR) is 90.5 cm³/mol. The fraction of sp³-hybridized carbons (Fsp3) is 0.211. The second-order valence-electron chi connectivity index (χ2n) is 5.88. The van der Waals surface area contributed by atoms with Gasteiger partial charge in [0.2, 0.25) is 11.8 Å². The van der Waals surface area contributed by atoms with Crippen molar-refractivity contribution in [1.82, 2.24) is 15.5 Å². The van der Waals surface area contributed by atoms with Crippen LogP contribution in [0.1, 0.15) is 28.4 Å². The van der Waals surface area contributed by atoms with Gasteiger partial charge in [-0.1, -0.05) is 53.7 Å². The highest BCUT2D eigenvalue weighted by atomic mass is 19.4. The first-order valence-corrected chi connectivity index (χ1v) is 8.19. The zero-order chi connectivity index (χ0) is 19.3. The summed E-state index contributed by atoms with van der Waals surface area (Å²) in [5.41, 5.74) is 0.238. The smallest absolute Gasteiger partial charge is 0.352 e. The molecule has 2 aromatic carbocycles. The van der Waals surface area contributed by atoms with Crippen LogP contribution >= 0.6 is 0 Å². The molecule has 27 heavy (non-hydrogen) atoms. The minimum absolute atomic E-state index is 0.0255. The molecule has 5 nitrogen and oxygen atoms in total. The number of amides is 1. The highest BCUT2D eigenvalue weighted by Crippen LogP contribution is 2.32. The second kappa shape index (κ2) is 8.03. The Hall–Kier alpha value is -3.16. The molecule has 0 saturated heterocycles. The van der Waals surface area contributed by atoms with Gasteiger partial charge in [-0.3, -0.25) is 4.79 Å². The Kier molecular flexibility index (Phi) is 5.54. The fourth-order valence-corrected chi connectivity index (χ4v) is 2.55. The summed E-state index contributed by atoms with van der Waals surface area (Å²) in [6.45, 7) is 0.364. The Morgan fingerprint density at radius 1 is 1.04 bits per heavy atom. The molecule has 0 atom stereocenters. The van der Waals surface area contributed by atoms with Crippen molar-refractivity contribution in [3.8, 4) is 0 Å². The van der Waals surface area contributed by atoms with Gasteiger partial charge in [0, 0.05) is 6.54 Å². The lowest BCUT2D eigenvalue weighted by Gasteiger charge is -2.10. The Morgan fingerprint density at radius 3 is 2.48 bits per heavy atom. The van der Waals surface area contributed by atoms with Crippen LogP contribution < -0.4 is 5.32 Å². The first-order valence-electron chi connectivity index (χ1n) is 8.19. The van der Waals surface area contributed by atoms with Gasteiger partial charge in [-0.2, -0.15) is 18.2 Å². The average molecular weight is 375 g/mol. The number of benzene rings is 2. The maximum absolute atomic E-state index is 13.0. The van der Waals surface area contributed by atoms with Crippen LogP contribution in [0.4, 0.5) is 13.2 Å². The number of hydrogen-bond acceptors (Lipinski definition) is 4. The number of carbonyl (C=O) groups is 1. The number of nitrogens with zero attached hydrogens (tertiary/aromatic N) is 2. The molecule has 1 aromatic heterocycles. The number of carbonyl (C=O) groups excluding carboxylic acids is 1. The Morgan fingerprint density at radius 2 is 1.74 bits per heavy atom. The molecule has 0 aliphatic carbocycles. The molecule has 0 aliphatic heterocycles. The van der Waals surface area contributed by atoms with Crippen molar-refractivity contribution in [3.63, 3.8) is 0 Å². The maximum atomic E-state index is 13.0. The summed E-state index contributed by atoms with van der Waals surface area (Å²) in [7, 11) is 0. The topological polar surface area (TPSA) is 68.0 Å². The van der Waals surface area contributed by atoms with E-state index < -0.39 is 11.7 Å². The molecular weight excluding hydrogens is 359 g/mol. The first-order chi connectivity index (χ1) is 12.9. The van der Waals surface area contributed by atoms with Crippen molar-refractivity contribution in [1.29, 1.82) is 0 Å². The van der Waals surface area contributed by atoms with E-state index in [-0.39, 0.29) is 36.0 Å². The van der Waals surface area contributed by atoms with Crippen LogP contribution in [0.5, 0.6) is 0 Å². The molecule has 1 N–H and O–H groups in total. The Labute approximate surface area is 153 Å². The molecule has 8 heteroatoms. The summed E-state index contributed by atoms with van der Waals surface area (Å²) in [5, 5.41) is 6.40. The molecule has 3 aromatic rings. The normalized spacial score (nSPS) is 11.4. The first kappa shape index (κ1) is 18.6. The number of hydrogen-bond donors (Lipinski definition) is 1. The Balaban J connectivity index is 1.60. The van der Waals surface area contributed by atoms with Crippen LogP contribution in [-0.4, -0.2) is 16.0 Å². The summed E-state index contributed by atoms with van der Waals surface area (Å²) in [5.74, 6) is -0.153. The molecule has 0 saturated carbocycles. The maximum Gasteiger partial charge on any atom is 0.416 e. The lowest BCUT2D eigenvalue weighted by molar-refractivity contribution is -0.138. The minimum Gasteiger partial charge on any atom is -0.352 e. The summed E-state index contributed by atoms with van der Waals surface area (Å²) in [6.07, 6.45) is -4.73. The van der Waals surface area contributed by atoms with Crippen molar-refractivity contribution >= 4 is 5.91 Å². The van der Waals surface area contributed by atoms with Crippen LogP contribution in [-0.2, 0) is 30.4 Å². The second-order valence-corrected chi connectivity index (χ2v) is 5.88. The van der Waals surface area contributed by atoms with Crippen LogP contribution in [0.2, 0.25) is 0 Å². The number of alkyl halides is 3. The molecule has 1 heterocycles. The van der Waals surface area contributed by atoms with Gasteiger partial charge in [0.05, 0.1) is 18.4 Å². The number of nitrogens with one attached hydrogen (secondary N) is 1. The summed E-state index contributed by atoms with van der Waals surface area (Å²) < 4.78 is 44.1. The van der Waals surface area contributed by atoms with E-state index >= 15 is 0 Å². The van der Waals surface area contributed by atoms with Crippen molar-refractivity contribution in [2.75, 3.05) is 0 Å². The SMILES string of the molecule is O=C(Cc1noc(Cc2ccccc2C(F)(F)F)n1)NCc1ccccc1. The van der Waals surface area contributed by atoms with Crippen LogP contribution in [0.15, 0.2) is 59.1 Å². The fourth-order valence-electron chi connectivity index (χ4n) is 2.55. The molecule has 1 amide bonds. The van der Waals surface area contributed by atoms with E-state index in [2.05, 4.69) is 15.5 Å². The molecule has 0 unspecified atom stereocenters. The summed E-state index contributed by atoms with van der Waals surface area (Å²) >= 11 is 0. The molecule has 0 radical (unpaired) electrons.